The van der Waals surface area contributed by atoms with Crippen LogP contribution in [0.5, 0.6) is 11.5 Å². The molecule has 0 aliphatic rings. The number of benzene rings is 2. The van der Waals surface area contributed by atoms with E-state index >= 15 is 0 Å². The van der Waals surface area contributed by atoms with Gasteiger partial charge in [-0.15, -0.1) is 0 Å². The van der Waals surface area contributed by atoms with Crippen molar-refractivity contribution in [3.8, 4) is 11.5 Å². The first-order valence-electron chi connectivity index (χ1n) is 7.83. The summed E-state index contributed by atoms with van der Waals surface area (Å²) < 4.78 is 19.4. The van der Waals surface area contributed by atoms with E-state index in [2.05, 4.69) is 20.6 Å². The standard InChI is InChI=1S/C18H17FN4O3/c19-16-11-20-18(22-12-3-1-5-14(25)9-12)23-17(16)21-13-4-2-6-15(10-13)26-8-7-24/h1-6,9-11,24-25H,7-8H2,(H2,20,21,22,23). The van der Waals surface area contributed by atoms with Gasteiger partial charge in [0.1, 0.15) is 18.1 Å². The molecule has 0 saturated heterocycles. The lowest BCUT2D eigenvalue weighted by Gasteiger charge is -2.11. The van der Waals surface area contributed by atoms with E-state index in [0.29, 0.717) is 17.1 Å². The predicted octanol–water partition coefficient (Wildman–Crippen LogP) is 3.18. The molecule has 3 aromatic rings. The molecule has 0 fully saturated rings. The normalized spacial score (nSPS) is 10.4. The molecule has 8 heteroatoms. The number of ether oxygens (including phenoxy) is 1. The van der Waals surface area contributed by atoms with E-state index < -0.39 is 5.82 Å². The van der Waals surface area contributed by atoms with E-state index in [1.807, 2.05) is 0 Å². The van der Waals surface area contributed by atoms with E-state index in [1.165, 1.54) is 12.1 Å². The van der Waals surface area contributed by atoms with Gasteiger partial charge < -0.3 is 25.6 Å². The van der Waals surface area contributed by atoms with Crippen LogP contribution in [0, 0.1) is 5.82 Å². The number of aliphatic hydroxyl groups excluding tert-OH is 1. The molecule has 7 nitrogen and oxygen atoms in total. The van der Waals surface area contributed by atoms with Crippen LogP contribution in [0.15, 0.2) is 54.7 Å². The molecule has 26 heavy (non-hydrogen) atoms. The van der Waals surface area contributed by atoms with Crippen LogP contribution in [0.25, 0.3) is 0 Å². The lowest BCUT2D eigenvalue weighted by Crippen LogP contribution is -2.04. The number of phenolic OH excluding ortho intramolecular Hbond substituents is 1. The van der Waals surface area contributed by atoms with Gasteiger partial charge in [0.15, 0.2) is 11.6 Å². The number of hydrogen-bond donors (Lipinski definition) is 4. The summed E-state index contributed by atoms with van der Waals surface area (Å²) in [4.78, 5) is 8.01. The van der Waals surface area contributed by atoms with Crippen LogP contribution in [0.4, 0.5) is 27.5 Å². The predicted molar refractivity (Wildman–Crippen MR) is 95.7 cm³/mol. The summed E-state index contributed by atoms with van der Waals surface area (Å²) in [6.45, 7) is 0.0750. The number of anilines is 4. The first-order chi connectivity index (χ1) is 12.6. The summed E-state index contributed by atoms with van der Waals surface area (Å²) in [7, 11) is 0. The average Bonchev–Trinajstić information content (AvgIpc) is 2.63. The van der Waals surface area contributed by atoms with Gasteiger partial charge in [0.25, 0.3) is 0 Å². The Hall–Kier alpha value is -3.39. The van der Waals surface area contributed by atoms with Crippen molar-refractivity contribution in [3.63, 3.8) is 0 Å². The highest BCUT2D eigenvalue weighted by Crippen LogP contribution is 2.24. The Bertz CT molecular complexity index is 892. The summed E-state index contributed by atoms with van der Waals surface area (Å²) >= 11 is 0. The van der Waals surface area contributed by atoms with E-state index in [9.17, 15) is 9.50 Å². The van der Waals surface area contributed by atoms with Gasteiger partial charge in [-0.1, -0.05) is 12.1 Å². The van der Waals surface area contributed by atoms with Crippen molar-refractivity contribution in [1.82, 2.24) is 9.97 Å². The fourth-order valence-corrected chi connectivity index (χ4v) is 2.19. The summed E-state index contributed by atoms with van der Waals surface area (Å²) in [5, 5.41) is 24.1. The third kappa shape index (κ3) is 4.58. The van der Waals surface area contributed by atoms with Gasteiger partial charge >= 0.3 is 0 Å². The van der Waals surface area contributed by atoms with Crippen LogP contribution in [-0.2, 0) is 0 Å². The molecule has 0 aliphatic carbocycles. The second kappa shape index (κ2) is 8.13. The molecule has 0 unspecified atom stereocenters. The van der Waals surface area contributed by atoms with Gasteiger partial charge in [0.2, 0.25) is 5.95 Å². The zero-order valence-electron chi connectivity index (χ0n) is 13.7. The second-order valence-corrected chi connectivity index (χ2v) is 5.29. The highest BCUT2D eigenvalue weighted by molar-refractivity contribution is 5.61. The highest BCUT2D eigenvalue weighted by atomic mass is 19.1. The fourth-order valence-electron chi connectivity index (χ4n) is 2.19. The van der Waals surface area contributed by atoms with E-state index in [-0.39, 0.29) is 30.7 Å². The molecular formula is C18H17FN4O3. The van der Waals surface area contributed by atoms with E-state index in [4.69, 9.17) is 9.84 Å². The van der Waals surface area contributed by atoms with Crippen molar-refractivity contribution in [2.24, 2.45) is 0 Å². The molecule has 0 aliphatic heterocycles. The lowest BCUT2D eigenvalue weighted by atomic mass is 10.3. The highest BCUT2D eigenvalue weighted by Gasteiger charge is 2.09. The van der Waals surface area contributed by atoms with Crippen LogP contribution < -0.4 is 15.4 Å². The Morgan fingerprint density at radius 1 is 1.04 bits per heavy atom. The third-order valence-electron chi connectivity index (χ3n) is 3.30. The SMILES string of the molecule is OCCOc1cccc(Nc2nc(Nc3cccc(O)c3)ncc2F)c1. The third-order valence-corrected chi connectivity index (χ3v) is 3.30. The van der Waals surface area contributed by atoms with E-state index in [1.54, 1.807) is 36.4 Å². The fraction of sp³-hybridized carbons (Fsp3) is 0.111. The molecule has 3 rings (SSSR count). The Balaban J connectivity index is 1.77. The summed E-state index contributed by atoms with van der Waals surface area (Å²) in [5.41, 5.74) is 1.14. The number of aromatic hydroxyl groups is 1. The smallest absolute Gasteiger partial charge is 0.229 e. The van der Waals surface area contributed by atoms with Crippen LogP contribution >= 0.6 is 0 Å². The monoisotopic (exact) mass is 356 g/mol. The number of hydrogen-bond acceptors (Lipinski definition) is 7. The maximum absolute atomic E-state index is 14.0. The van der Waals surface area contributed by atoms with Gasteiger partial charge in [0, 0.05) is 23.5 Å². The zero-order chi connectivity index (χ0) is 18.4. The second-order valence-electron chi connectivity index (χ2n) is 5.29. The molecule has 0 spiro atoms. The number of phenols is 1. The lowest BCUT2D eigenvalue weighted by molar-refractivity contribution is 0.201. The minimum atomic E-state index is -0.617. The summed E-state index contributed by atoms with van der Waals surface area (Å²) in [6.07, 6.45) is 1.05. The summed E-state index contributed by atoms with van der Waals surface area (Å²) in [6, 6.07) is 13.3. The van der Waals surface area contributed by atoms with Crippen molar-refractivity contribution in [1.29, 1.82) is 0 Å². The minimum Gasteiger partial charge on any atom is -0.508 e. The van der Waals surface area contributed by atoms with Crippen molar-refractivity contribution in [2.45, 2.75) is 0 Å². The van der Waals surface area contributed by atoms with Crippen molar-refractivity contribution in [3.05, 3.63) is 60.5 Å². The largest absolute Gasteiger partial charge is 0.508 e. The number of nitrogens with one attached hydrogen (secondary N) is 2. The van der Waals surface area contributed by atoms with Crippen LogP contribution in [0.2, 0.25) is 0 Å². The van der Waals surface area contributed by atoms with Gasteiger partial charge in [-0.25, -0.2) is 9.37 Å². The first-order valence-corrected chi connectivity index (χ1v) is 7.83. The molecular weight excluding hydrogens is 339 g/mol. The molecule has 1 aromatic heterocycles. The molecule has 4 N–H and O–H groups in total. The van der Waals surface area contributed by atoms with Crippen LogP contribution in [0.1, 0.15) is 0 Å². The quantitative estimate of drug-likeness (QED) is 0.516. The number of halogens is 1. The minimum absolute atomic E-state index is 0.0121. The Morgan fingerprint density at radius 2 is 1.81 bits per heavy atom. The topological polar surface area (TPSA) is 99.5 Å². The van der Waals surface area contributed by atoms with Crippen LogP contribution in [0.3, 0.4) is 0 Å². The maximum atomic E-state index is 14.0. The van der Waals surface area contributed by atoms with Gasteiger partial charge in [-0.05, 0) is 24.3 Å². The van der Waals surface area contributed by atoms with Crippen molar-refractivity contribution < 1.29 is 19.3 Å². The van der Waals surface area contributed by atoms with Crippen molar-refractivity contribution >= 4 is 23.1 Å². The number of aromatic nitrogens is 2. The van der Waals surface area contributed by atoms with Gasteiger partial charge in [0.05, 0.1) is 12.8 Å². The van der Waals surface area contributed by atoms with Gasteiger partial charge in [-0.3, -0.25) is 0 Å². The zero-order valence-corrected chi connectivity index (χ0v) is 13.7. The molecule has 0 radical (unpaired) electrons. The Morgan fingerprint density at radius 3 is 2.58 bits per heavy atom. The Labute approximate surface area is 149 Å². The number of aliphatic hydroxyl groups is 1. The molecule has 0 amide bonds. The molecule has 0 saturated carbocycles. The number of rotatable bonds is 7. The van der Waals surface area contributed by atoms with Crippen LogP contribution in [-0.4, -0.2) is 33.4 Å². The molecule has 0 atom stereocenters. The molecule has 2 aromatic carbocycles. The summed E-state index contributed by atoms with van der Waals surface area (Å²) in [5.74, 6) is 0.175. The Kier molecular flexibility index (Phi) is 5.45. The van der Waals surface area contributed by atoms with E-state index in [0.717, 1.165) is 6.20 Å². The molecule has 1 heterocycles. The molecule has 0 bridgehead atoms. The molecule has 134 valence electrons. The number of nitrogens with zero attached hydrogens (tertiary/aromatic N) is 2. The average molecular weight is 356 g/mol. The van der Waals surface area contributed by atoms with Gasteiger partial charge in [-0.2, -0.15) is 4.98 Å². The van der Waals surface area contributed by atoms with Crippen molar-refractivity contribution in [2.75, 3.05) is 23.8 Å². The maximum Gasteiger partial charge on any atom is 0.229 e. The first kappa shape index (κ1) is 17.4.